The zero-order chi connectivity index (χ0) is 16.0. The maximum atomic E-state index is 13.4. The van der Waals surface area contributed by atoms with Crippen molar-refractivity contribution in [2.45, 2.75) is 6.42 Å². The number of anilines is 1. The number of aromatic carboxylic acids is 1. The highest BCUT2D eigenvalue weighted by Gasteiger charge is 2.19. The van der Waals surface area contributed by atoms with Crippen molar-refractivity contribution in [3.8, 4) is 0 Å². The molecule has 0 radical (unpaired) electrons. The van der Waals surface area contributed by atoms with E-state index < -0.39 is 29.4 Å². The maximum absolute atomic E-state index is 13.4. The summed E-state index contributed by atoms with van der Waals surface area (Å²) in [6, 6.07) is 2.89. The molecule has 21 heavy (non-hydrogen) atoms. The van der Waals surface area contributed by atoms with Crippen LogP contribution in [0, 0.1) is 5.82 Å². The molecular formula is C13H15FN2O5. The molecule has 0 aliphatic carbocycles. The van der Waals surface area contributed by atoms with Crippen molar-refractivity contribution in [2.75, 3.05) is 26.0 Å². The van der Waals surface area contributed by atoms with Crippen molar-refractivity contribution in [2.24, 2.45) is 0 Å². The van der Waals surface area contributed by atoms with E-state index in [0.29, 0.717) is 0 Å². The van der Waals surface area contributed by atoms with Gasteiger partial charge in [0.1, 0.15) is 11.4 Å². The van der Waals surface area contributed by atoms with E-state index >= 15 is 0 Å². The Morgan fingerprint density at radius 3 is 2.62 bits per heavy atom. The fraction of sp³-hybridized carbons (Fsp3) is 0.308. The highest BCUT2D eigenvalue weighted by molar-refractivity contribution is 6.00. The number of rotatable bonds is 5. The Balaban J connectivity index is 2.77. The molecule has 0 aliphatic heterocycles. The predicted molar refractivity (Wildman–Crippen MR) is 71.6 cm³/mol. The molecule has 0 heterocycles. The molecule has 1 aromatic rings. The van der Waals surface area contributed by atoms with Gasteiger partial charge in [0.05, 0.1) is 19.2 Å². The fourth-order valence-corrected chi connectivity index (χ4v) is 1.52. The van der Waals surface area contributed by atoms with Gasteiger partial charge in [0.15, 0.2) is 0 Å². The summed E-state index contributed by atoms with van der Waals surface area (Å²) >= 11 is 0. The second-order valence-corrected chi connectivity index (χ2v) is 4.15. The second-order valence-electron chi connectivity index (χ2n) is 4.15. The van der Waals surface area contributed by atoms with Crippen molar-refractivity contribution in [1.82, 2.24) is 4.90 Å². The number of esters is 1. The molecule has 0 aromatic heterocycles. The van der Waals surface area contributed by atoms with Crippen LogP contribution in [0.1, 0.15) is 16.8 Å². The number of halogens is 1. The number of hydrogen-bond donors (Lipinski definition) is 2. The summed E-state index contributed by atoms with van der Waals surface area (Å²) < 4.78 is 17.9. The first kappa shape index (κ1) is 16.4. The lowest BCUT2D eigenvalue weighted by atomic mass is 10.1. The number of ether oxygens (including phenoxy) is 1. The second kappa shape index (κ2) is 7.22. The van der Waals surface area contributed by atoms with Gasteiger partial charge in [-0.25, -0.2) is 14.0 Å². The molecule has 0 unspecified atom stereocenters. The fourth-order valence-electron chi connectivity index (χ4n) is 1.52. The number of nitrogens with one attached hydrogen (secondary N) is 1. The number of benzene rings is 1. The first-order chi connectivity index (χ1) is 9.86. The Hall–Kier alpha value is -2.64. The summed E-state index contributed by atoms with van der Waals surface area (Å²) in [5.41, 5.74) is -0.773. The van der Waals surface area contributed by atoms with Crippen molar-refractivity contribution in [1.29, 1.82) is 0 Å². The largest absolute Gasteiger partial charge is 0.478 e. The predicted octanol–water partition coefficient (Wildman–Crippen LogP) is 1.55. The van der Waals surface area contributed by atoms with Crippen LogP contribution < -0.4 is 5.32 Å². The van der Waals surface area contributed by atoms with Crippen molar-refractivity contribution < 1.29 is 28.6 Å². The van der Waals surface area contributed by atoms with E-state index in [1.807, 2.05) is 0 Å². The first-order valence-electron chi connectivity index (χ1n) is 5.97. The number of methoxy groups -OCH3 is 1. The Bertz CT molecular complexity index is 561. The Morgan fingerprint density at radius 2 is 2.05 bits per heavy atom. The lowest BCUT2D eigenvalue weighted by Crippen LogP contribution is -2.33. The van der Waals surface area contributed by atoms with E-state index in [1.165, 1.54) is 26.3 Å². The summed E-state index contributed by atoms with van der Waals surface area (Å²) in [7, 11) is 2.65. The van der Waals surface area contributed by atoms with Gasteiger partial charge >= 0.3 is 18.0 Å². The Labute approximate surface area is 120 Å². The standard InChI is InChI=1S/C13H15FN2O5/c1-16(7-6-10(17)21-2)13(20)15-9-5-3-4-8(14)11(9)12(18)19/h3-5H,6-7H2,1-2H3,(H,15,20)(H,18,19). The molecule has 1 rings (SSSR count). The minimum atomic E-state index is -1.49. The van der Waals surface area contributed by atoms with Crippen LogP contribution in [-0.4, -0.2) is 48.7 Å². The summed E-state index contributed by atoms with van der Waals surface area (Å²) in [6.07, 6.45) is -0.00460. The van der Waals surface area contributed by atoms with E-state index in [9.17, 15) is 18.8 Å². The molecule has 2 amide bonds. The summed E-state index contributed by atoms with van der Waals surface area (Å²) in [6.45, 7) is 0.0796. The van der Waals surface area contributed by atoms with Crippen LogP contribution in [0.25, 0.3) is 0 Å². The van der Waals surface area contributed by atoms with E-state index in [4.69, 9.17) is 5.11 Å². The molecule has 1 aromatic carbocycles. The molecule has 0 aliphatic rings. The molecule has 7 nitrogen and oxygen atoms in total. The van der Waals surface area contributed by atoms with Gasteiger partial charge in [-0.2, -0.15) is 0 Å². The average molecular weight is 298 g/mol. The SMILES string of the molecule is COC(=O)CCN(C)C(=O)Nc1cccc(F)c1C(=O)O. The number of amides is 2. The van der Waals surface area contributed by atoms with Crippen LogP contribution in [0.2, 0.25) is 0 Å². The van der Waals surface area contributed by atoms with Gasteiger partial charge in [-0.15, -0.1) is 0 Å². The van der Waals surface area contributed by atoms with E-state index in [-0.39, 0.29) is 18.7 Å². The van der Waals surface area contributed by atoms with Gasteiger partial charge in [-0.1, -0.05) is 6.07 Å². The van der Waals surface area contributed by atoms with Crippen molar-refractivity contribution >= 4 is 23.7 Å². The third-order valence-electron chi connectivity index (χ3n) is 2.69. The molecule has 0 bridgehead atoms. The number of carboxylic acids is 1. The van der Waals surface area contributed by atoms with E-state index in [2.05, 4.69) is 10.1 Å². The zero-order valence-corrected chi connectivity index (χ0v) is 11.6. The number of carbonyl (C=O) groups excluding carboxylic acids is 2. The summed E-state index contributed by atoms with van der Waals surface area (Å²) in [5.74, 6) is -2.91. The minimum absolute atomic E-state index is 0.00460. The number of hydrogen-bond acceptors (Lipinski definition) is 4. The smallest absolute Gasteiger partial charge is 0.340 e. The van der Waals surface area contributed by atoms with Crippen LogP contribution in [0.5, 0.6) is 0 Å². The van der Waals surface area contributed by atoms with Crippen molar-refractivity contribution in [3.63, 3.8) is 0 Å². The molecular weight excluding hydrogens is 283 g/mol. The summed E-state index contributed by atoms with van der Waals surface area (Å²) in [5, 5.41) is 11.2. The van der Waals surface area contributed by atoms with Crippen LogP contribution in [-0.2, 0) is 9.53 Å². The number of urea groups is 1. The van der Waals surface area contributed by atoms with Gasteiger partial charge in [-0.3, -0.25) is 4.79 Å². The minimum Gasteiger partial charge on any atom is -0.478 e. The quantitative estimate of drug-likeness (QED) is 0.804. The normalized spacial score (nSPS) is 9.86. The highest BCUT2D eigenvalue weighted by Crippen LogP contribution is 2.19. The molecule has 0 spiro atoms. The molecule has 114 valence electrons. The van der Waals surface area contributed by atoms with Crippen molar-refractivity contribution in [3.05, 3.63) is 29.6 Å². The zero-order valence-electron chi connectivity index (χ0n) is 11.6. The van der Waals surface area contributed by atoms with Gasteiger partial charge in [0.25, 0.3) is 0 Å². The number of carboxylic acid groups (broad SMARTS) is 1. The lowest BCUT2D eigenvalue weighted by molar-refractivity contribution is -0.140. The Kier molecular flexibility index (Phi) is 5.65. The van der Waals surface area contributed by atoms with Crippen LogP contribution in [0.4, 0.5) is 14.9 Å². The number of carbonyl (C=O) groups is 3. The maximum Gasteiger partial charge on any atom is 0.340 e. The molecule has 8 heteroatoms. The van der Waals surface area contributed by atoms with Gasteiger partial charge < -0.3 is 20.1 Å². The molecule has 0 fully saturated rings. The molecule has 0 saturated carbocycles. The first-order valence-corrected chi connectivity index (χ1v) is 5.97. The highest BCUT2D eigenvalue weighted by atomic mass is 19.1. The van der Waals surface area contributed by atoms with E-state index in [0.717, 1.165) is 11.0 Å². The van der Waals surface area contributed by atoms with Gasteiger partial charge in [0.2, 0.25) is 0 Å². The topological polar surface area (TPSA) is 95.9 Å². The third kappa shape index (κ3) is 4.44. The van der Waals surface area contributed by atoms with Gasteiger partial charge in [-0.05, 0) is 12.1 Å². The summed E-state index contributed by atoms with van der Waals surface area (Å²) in [4.78, 5) is 35.0. The van der Waals surface area contributed by atoms with E-state index in [1.54, 1.807) is 0 Å². The third-order valence-corrected chi connectivity index (χ3v) is 2.69. The molecule has 2 N–H and O–H groups in total. The average Bonchev–Trinajstić information content (AvgIpc) is 2.43. The molecule has 0 atom stereocenters. The number of nitrogens with zero attached hydrogens (tertiary/aromatic N) is 1. The monoisotopic (exact) mass is 298 g/mol. The van der Waals surface area contributed by atoms with Crippen LogP contribution in [0.15, 0.2) is 18.2 Å². The Morgan fingerprint density at radius 1 is 1.38 bits per heavy atom. The molecule has 0 saturated heterocycles. The van der Waals surface area contributed by atoms with Crippen LogP contribution in [0.3, 0.4) is 0 Å². The lowest BCUT2D eigenvalue weighted by Gasteiger charge is -2.18. The van der Waals surface area contributed by atoms with Gasteiger partial charge in [0, 0.05) is 13.6 Å². The van der Waals surface area contributed by atoms with Crippen LogP contribution >= 0.6 is 0 Å².